The Morgan fingerprint density at radius 1 is 1.12 bits per heavy atom. The summed E-state index contributed by atoms with van der Waals surface area (Å²) in [7, 11) is 1.82. The molecule has 1 unspecified atom stereocenters. The van der Waals surface area contributed by atoms with Crippen molar-refractivity contribution >= 4 is 17.6 Å². The highest BCUT2D eigenvalue weighted by molar-refractivity contribution is 5.98. The number of anilines is 1. The van der Waals surface area contributed by atoms with Crippen LogP contribution in [0.3, 0.4) is 0 Å². The number of aryl methyl sites for hydroxylation is 1. The average Bonchev–Trinajstić information content (AvgIpc) is 3.47. The lowest BCUT2D eigenvalue weighted by Gasteiger charge is -2.33. The number of hydrogen-bond donors (Lipinski definition) is 1. The predicted molar refractivity (Wildman–Crippen MR) is 127 cm³/mol. The van der Waals surface area contributed by atoms with Gasteiger partial charge >= 0.3 is 0 Å². The monoisotopic (exact) mass is 461 g/mol. The van der Waals surface area contributed by atoms with Crippen LogP contribution in [0.25, 0.3) is 0 Å². The normalized spacial score (nSPS) is 25.8. The van der Waals surface area contributed by atoms with Crippen LogP contribution in [0, 0.1) is 18.8 Å². The van der Waals surface area contributed by atoms with E-state index < -0.39 is 0 Å². The van der Waals surface area contributed by atoms with Crippen molar-refractivity contribution in [3.05, 3.63) is 46.6 Å². The van der Waals surface area contributed by atoms with Gasteiger partial charge in [-0.05, 0) is 67.3 Å². The molecule has 0 radical (unpaired) electrons. The van der Waals surface area contributed by atoms with E-state index in [1.54, 1.807) is 4.90 Å². The standard InChI is InChI=1S/C26H31N5O3/c1-15-9-23(25(32)27-22-12-16-10-18(22)11-16)28-29-24(15)31-7-5-19(6-8-31)34-20-4-3-17-14-30(2)26(33)21(17)13-20/h3-4,9,13,16,18-19,22H,5-8,10-12,14H2,1-2H3,(H,27,32). The third-order valence-corrected chi connectivity index (χ3v) is 8.05. The average molecular weight is 462 g/mol. The maximum absolute atomic E-state index is 12.7. The van der Waals surface area contributed by atoms with E-state index in [9.17, 15) is 9.59 Å². The van der Waals surface area contributed by atoms with Crippen molar-refractivity contribution in [2.45, 2.75) is 57.7 Å². The molecule has 7 rings (SSSR count). The molecular formula is C26H31N5O3. The van der Waals surface area contributed by atoms with Gasteiger partial charge in [-0.3, -0.25) is 9.59 Å². The van der Waals surface area contributed by atoms with Gasteiger partial charge in [-0.2, -0.15) is 0 Å². The molecule has 2 amide bonds. The van der Waals surface area contributed by atoms with Gasteiger partial charge in [-0.25, -0.2) is 0 Å². The molecule has 1 aromatic carbocycles. The first kappa shape index (κ1) is 21.4. The Morgan fingerprint density at radius 2 is 1.91 bits per heavy atom. The highest BCUT2D eigenvalue weighted by Gasteiger charge is 2.44. The second kappa shape index (κ2) is 8.25. The van der Waals surface area contributed by atoms with E-state index in [0.29, 0.717) is 24.2 Å². The number of fused-ring (bicyclic) bond motifs is 2. The summed E-state index contributed by atoms with van der Waals surface area (Å²) in [6.07, 6.45) is 5.44. The summed E-state index contributed by atoms with van der Waals surface area (Å²) in [6.45, 7) is 4.27. The molecule has 8 heteroatoms. The van der Waals surface area contributed by atoms with Crippen molar-refractivity contribution < 1.29 is 14.3 Å². The molecule has 34 heavy (non-hydrogen) atoms. The van der Waals surface area contributed by atoms with Crippen molar-refractivity contribution in [3.63, 3.8) is 0 Å². The van der Waals surface area contributed by atoms with Gasteiger partial charge in [-0.15, -0.1) is 10.2 Å². The Balaban J connectivity index is 1.05. The summed E-state index contributed by atoms with van der Waals surface area (Å²) in [4.78, 5) is 28.9. The van der Waals surface area contributed by atoms with Crippen LogP contribution in [-0.2, 0) is 6.54 Å². The molecule has 8 nitrogen and oxygen atoms in total. The molecule has 2 aliphatic heterocycles. The minimum absolute atomic E-state index is 0.0569. The first-order valence-electron chi connectivity index (χ1n) is 12.4. The fraction of sp³-hybridized carbons (Fsp3) is 0.538. The molecule has 3 aliphatic carbocycles. The molecule has 4 fully saturated rings. The second-order valence-electron chi connectivity index (χ2n) is 10.4. The molecule has 0 spiro atoms. The smallest absolute Gasteiger partial charge is 0.272 e. The van der Waals surface area contributed by atoms with E-state index in [0.717, 1.165) is 66.5 Å². The van der Waals surface area contributed by atoms with E-state index >= 15 is 0 Å². The molecule has 3 heterocycles. The van der Waals surface area contributed by atoms with Crippen molar-refractivity contribution in [2.24, 2.45) is 11.8 Å². The van der Waals surface area contributed by atoms with Crippen molar-refractivity contribution in [1.29, 1.82) is 0 Å². The van der Waals surface area contributed by atoms with Crippen LogP contribution in [0.2, 0.25) is 0 Å². The maximum Gasteiger partial charge on any atom is 0.272 e. The Labute approximate surface area is 199 Å². The zero-order valence-electron chi connectivity index (χ0n) is 19.8. The fourth-order valence-electron chi connectivity index (χ4n) is 6.06. The highest BCUT2D eigenvalue weighted by atomic mass is 16.5. The summed E-state index contributed by atoms with van der Waals surface area (Å²) >= 11 is 0. The summed E-state index contributed by atoms with van der Waals surface area (Å²) in [5, 5.41) is 11.8. The van der Waals surface area contributed by atoms with Crippen molar-refractivity contribution in [3.8, 4) is 5.75 Å². The van der Waals surface area contributed by atoms with E-state index in [2.05, 4.69) is 20.4 Å². The number of nitrogens with zero attached hydrogens (tertiary/aromatic N) is 4. The maximum atomic E-state index is 12.7. The van der Waals surface area contributed by atoms with Crippen molar-refractivity contribution in [1.82, 2.24) is 20.4 Å². The van der Waals surface area contributed by atoms with Gasteiger partial charge in [0.15, 0.2) is 11.5 Å². The molecular weight excluding hydrogens is 430 g/mol. The Morgan fingerprint density at radius 3 is 2.62 bits per heavy atom. The number of aromatic nitrogens is 2. The Kier molecular flexibility index (Phi) is 5.19. The molecule has 5 aliphatic rings. The number of piperidine rings is 1. The Bertz CT molecular complexity index is 1140. The molecule has 1 aromatic heterocycles. The summed E-state index contributed by atoms with van der Waals surface area (Å²) in [6, 6.07) is 8.00. The molecule has 2 aromatic rings. The van der Waals surface area contributed by atoms with Gasteiger partial charge in [0.05, 0.1) is 0 Å². The summed E-state index contributed by atoms with van der Waals surface area (Å²) < 4.78 is 6.22. The SMILES string of the molecule is Cc1cc(C(=O)NC2CC3CC2C3)nnc1N1CCC(Oc2ccc3c(c2)C(=O)N(C)C3)CC1. The van der Waals surface area contributed by atoms with Crippen LogP contribution in [-0.4, -0.2) is 59.2 Å². The molecule has 2 bridgehead atoms. The van der Waals surface area contributed by atoms with Gasteiger partial charge in [0.1, 0.15) is 11.9 Å². The first-order valence-corrected chi connectivity index (χ1v) is 12.4. The molecule has 1 atom stereocenters. The summed E-state index contributed by atoms with van der Waals surface area (Å²) in [5.74, 6) is 3.01. The molecule has 1 saturated heterocycles. The van der Waals surface area contributed by atoms with E-state index in [1.807, 2.05) is 38.2 Å². The molecule has 178 valence electrons. The van der Waals surface area contributed by atoms with Crippen LogP contribution in [0.4, 0.5) is 5.82 Å². The van der Waals surface area contributed by atoms with Crippen LogP contribution in [0.5, 0.6) is 5.75 Å². The minimum atomic E-state index is -0.106. The number of amides is 2. The number of carbonyl (C=O) groups excluding carboxylic acids is 2. The van der Waals surface area contributed by atoms with Crippen LogP contribution >= 0.6 is 0 Å². The predicted octanol–water partition coefficient (Wildman–Crippen LogP) is 2.95. The lowest BCUT2D eigenvalue weighted by molar-refractivity contribution is 0.0815. The van der Waals surface area contributed by atoms with E-state index in [1.165, 1.54) is 12.8 Å². The van der Waals surface area contributed by atoms with Gasteiger partial charge in [-0.1, -0.05) is 6.07 Å². The van der Waals surface area contributed by atoms with Gasteiger partial charge in [0.25, 0.3) is 11.8 Å². The van der Waals surface area contributed by atoms with Crippen LogP contribution < -0.4 is 15.0 Å². The first-order chi connectivity index (χ1) is 16.4. The molecule has 3 saturated carbocycles. The number of carbonyl (C=O) groups is 2. The highest BCUT2D eigenvalue weighted by Crippen LogP contribution is 2.48. The number of rotatable bonds is 5. The number of ether oxygens (including phenoxy) is 1. The third-order valence-electron chi connectivity index (χ3n) is 8.05. The lowest BCUT2D eigenvalue weighted by Crippen LogP contribution is -2.39. The number of nitrogens with one attached hydrogen (secondary N) is 1. The van der Waals surface area contributed by atoms with Gasteiger partial charge < -0.3 is 19.9 Å². The number of benzene rings is 1. The van der Waals surface area contributed by atoms with Gasteiger partial charge in [0.2, 0.25) is 0 Å². The minimum Gasteiger partial charge on any atom is -0.490 e. The van der Waals surface area contributed by atoms with Crippen molar-refractivity contribution in [2.75, 3.05) is 25.0 Å². The second-order valence-corrected chi connectivity index (χ2v) is 10.4. The summed E-state index contributed by atoms with van der Waals surface area (Å²) in [5.41, 5.74) is 3.18. The van der Waals surface area contributed by atoms with Crippen LogP contribution in [0.15, 0.2) is 24.3 Å². The largest absolute Gasteiger partial charge is 0.490 e. The third kappa shape index (κ3) is 3.79. The Hall–Kier alpha value is -3.16. The fourth-order valence-corrected chi connectivity index (χ4v) is 6.06. The van der Waals surface area contributed by atoms with E-state index in [4.69, 9.17) is 4.74 Å². The quantitative estimate of drug-likeness (QED) is 0.737. The van der Waals surface area contributed by atoms with Crippen LogP contribution in [0.1, 0.15) is 64.1 Å². The molecule has 1 N–H and O–H groups in total. The number of hydrogen-bond acceptors (Lipinski definition) is 6. The zero-order valence-corrected chi connectivity index (χ0v) is 19.8. The zero-order chi connectivity index (χ0) is 23.4. The lowest BCUT2D eigenvalue weighted by atomic mass is 9.84. The van der Waals surface area contributed by atoms with E-state index in [-0.39, 0.29) is 17.9 Å². The topological polar surface area (TPSA) is 87.7 Å². The van der Waals surface area contributed by atoms with Gasteiger partial charge in [0, 0.05) is 51.1 Å².